The van der Waals surface area contributed by atoms with E-state index in [1.807, 2.05) is 38.1 Å². The highest BCUT2D eigenvalue weighted by Gasteiger charge is 2.29. The summed E-state index contributed by atoms with van der Waals surface area (Å²) in [6.45, 7) is 5.44. The SMILES string of the molecule is Cc1cccc(N([C@@H](C)C(=O)N[C@@H](C)CCc2ccccc2)S(C)(=O)=O)c1. The van der Waals surface area contributed by atoms with E-state index in [0.29, 0.717) is 5.69 Å². The number of amides is 1. The monoisotopic (exact) mass is 388 g/mol. The van der Waals surface area contributed by atoms with Crippen LogP contribution in [0.25, 0.3) is 0 Å². The summed E-state index contributed by atoms with van der Waals surface area (Å²) in [5.41, 5.74) is 2.64. The fraction of sp³-hybridized carbons (Fsp3) is 0.381. The minimum atomic E-state index is -3.60. The normalized spacial score (nSPS) is 13.6. The summed E-state index contributed by atoms with van der Waals surface area (Å²) in [5, 5.41) is 2.94. The Labute approximate surface area is 162 Å². The molecule has 0 fully saturated rings. The van der Waals surface area contributed by atoms with Crippen LogP contribution in [0.2, 0.25) is 0 Å². The molecule has 0 heterocycles. The molecule has 0 aliphatic rings. The van der Waals surface area contributed by atoms with Crippen LogP contribution in [0.3, 0.4) is 0 Å². The summed E-state index contributed by atoms with van der Waals surface area (Å²) in [5.74, 6) is -0.303. The number of hydrogen-bond donors (Lipinski definition) is 1. The van der Waals surface area contributed by atoms with E-state index in [1.165, 1.54) is 9.87 Å². The highest BCUT2D eigenvalue weighted by molar-refractivity contribution is 7.92. The number of hydrogen-bond acceptors (Lipinski definition) is 3. The van der Waals surface area contributed by atoms with Crippen LogP contribution in [-0.2, 0) is 21.2 Å². The molecule has 1 amide bonds. The second kappa shape index (κ2) is 9.04. The Hall–Kier alpha value is -2.34. The second-order valence-corrected chi connectivity index (χ2v) is 8.87. The van der Waals surface area contributed by atoms with Gasteiger partial charge in [-0.3, -0.25) is 9.10 Å². The van der Waals surface area contributed by atoms with E-state index in [-0.39, 0.29) is 11.9 Å². The minimum Gasteiger partial charge on any atom is -0.352 e. The van der Waals surface area contributed by atoms with Crippen molar-refractivity contribution in [2.45, 2.75) is 45.7 Å². The van der Waals surface area contributed by atoms with E-state index < -0.39 is 16.1 Å². The van der Waals surface area contributed by atoms with E-state index in [0.717, 1.165) is 24.7 Å². The summed E-state index contributed by atoms with van der Waals surface area (Å²) in [6, 6.07) is 16.3. The van der Waals surface area contributed by atoms with Gasteiger partial charge >= 0.3 is 0 Å². The van der Waals surface area contributed by atoms with Crippen LogP contribution in [0.1, 0.15) is 31.4 Å². The zero-order chi connectivity index (χ0) is 20.0. The standard InChI is InChI=1S/C21H28N2O3S/c1-16-9-8-12-20(15-16)23(27(4,25)26)18(3)21(24)22-17(2)13-14-19-10-6-5-7-11-19/h5-12,15,17-18H,13-14H2,1-4H3,(H,22,24)/t17-,18-/m0/s1. The van der Waals surface area contributed by atoms with Crippen LogP contribution < -0.4 is 9.62 Å². The molecule has 6 heteroatoms. The number of aryl methyl sites for hydroxylation is 2. The smallest absolute Gasteiger partial charge is 0.243 e. The van der Waals surface area contributed by atoms with Gasteiger partial charge < -0.3 is 5.32 Å². The van der Waals surface area contributed by atoms with Crippen molar-refractivity contribution in [1.82, 2.24) is 5.32 Å². The molecule has 2 atom stereocenters. The van der Waals surface area contributed by atoms with Crippen molar-refractivity contribution in [2.24, 2.45) is 0 Å². The number of carbonyl (C=O) groups is 1. The van der Waals surface area contributed by atoms with Gasteiger partial charge in [0.25, 0.3) is 0 Å². The fourth-order valence-electron chi connectivity index (χ4n) is 3.04. The lowest BCUT2D eigenvalue weighted by molar-refractivity contribution is -0.122. The van der Waals surface area contributed by atoms with Gasteiger partial charge in [0.05, 0.1) is 11.9 Å². The van der Waals surface area contributed by atoms with Crippen molar-refractivity contribution in [1.29, 1.82) is 0 Å². The molecule has 0 aliphatic carbocycles. The average molecular weight is 389 g/mol. The number of benzene rings is 2. The van der Waals surface area contributed by atoms with Gasteiger partial charge in [0.1, 0.15) is 6.04 Å². The van der Waals surface area contributed by atoms with Crippen molar-refractivity contribution in [2.75, 3.05) is 10.6 Å². The van der Waals surface area contributed by atoms with Crippen molar-refractivity contribution >= 4 is 21.6 Å². The van der Waals surface area contributed by atoms with Crippen molar-refractivity contribution in [3.8, 4) is 0 Å². The van der Waals surface area contributed by atoms with Crippen LogP contribution in [0.5, 0.6) is 0 Å². The Bertz CT molecular complexity index is 866. The third-order valence-electron chi connectivity index (χ3n) is 4.44. The first-order chi connectivity index (χ1) is 12.7. The average Bonchev–Trinajstić information content (AvgIpc) is 2.60. The van der Waals surface area contributed by atoms with Crippen LogP contribution in [0.4, 0.5) is 5.69 Å². The Morgan fingerprint density at radius 1 is 1.07 bits per heavy atom. The van der Waals surface area contributed by atoms with Gasteiger partial charge in [-0.25, -0.2) is 8.42 Å². The number of sulfonamides is 1. The van der Waals surface area contributed by atoms with Crippen LogP contribution in [0, 0.1) is 6.92 Å². The van der Waals surface area contributed by atoms with E-state index in [4.69, 9.17) is 0 Å². The fourth-order valence-corrected chi connectivity index (χ4v) is 4.20. The molecule has 0 aliphatic heterocycles. The summed E-state index contributed by atoms with van der Waals surface area (Å²) < 4.78 is 25.8. The van der Waals surface area contributed by atoms with Gasteiger partial charge in [-0.2, -0.15) is 0 Å². The van der Waals surface area contributed by atoms with E-state index in [9.17, 15) is 13.2 Å². The molecule has 2 rings (SSSR count). The number of nitrogens with zero attached hydrogens (tertiary/aromatic N) is 1. The topological polar surface area (TPSA) is 66.5 Å². The Morgan fingerprint density at radius 3 is 2.33 bits per heavy atom. The largest absolute Gasteiger partial charge is 0.352 e. The van der Waals surface area contributed by atoms with Gasteiger partial charge in [-0.15, -0.1) is 0 Å². The summed E-state index contributed by atoms with van der Waals surface area (Å²) in [7, 11) is -3.60. The minimum absolute atomic E-state index is 0.0564. The van der Waals surface area contributed by atoms with Crippen molar-refractivity contribution in [3.63, 3.8) is 0 Å². The van der Waals surface area contributed by atoms with Crippen molar-refractivity contribution < 1.29 is 13.2 Å². The molecule has 0 saturated heterocycles. The third-order valence-corrected chi connectivity index (χ3v) is 5.68. The summed E-state index contributed by atoms with van der Waals surface area (Å²) >= 11 is 0. The van der Waals surface area contributed by atoms with E-state index >= 15 is 0 Å². The van der Waals surface area contributed by atoms with Crippen LogP contribution in [-0.4, -0.2) is 32.7 Å². The molecule has 0 aromatic heterocycles. The van der Waals surface area contributed by atoms with Gasteiger partial charge in [0.15, 0.2) is 0 Å². The molecule has 1 N–H and O–H groups in total. The first-order valence-corrected chi connectivity index (χ1v) is 10.9. The number of carbonyl (C=O) groups excluding carboxylic acids is 1. The van der Waals surface area contributed by atoms with Crippen LogP contribution in [0.15, 0.2) is 54.6 Å². The maximum Gasteiger partial charge on any atom is 0.243 e. The molecule has 27 heavy (non-hydrogen) atoms. The first kappa shape index (κ1) is 21.0. The second-order valence-electron chi connectivity index (χ2n) is 7.01. The molecule has 146 valence electrons. The maximum absolute atomic E-state index is 12.7. The maximum atomic E-state index is 12.7. The zero-order valence-corrected chi connectivity index (χ0v) is 17.2. The molecule has 5 nitrogen and oxygen atoms in total. The predicted octanol–water partition coefficient (Wildman–Crippen LogP) is 3.29. The van der Waals surface area contributed by atoms with E-state index in [1.54, 1.807) is 25.1 Å². The van der Waals surface area contributed by atoms with Gasteiger partial charge in [0.2, 0.25) is 15.9 Å². The van der Waals surface area contributed by atoms with Gasteiger partial charge in [0, 0.05) is 6.04 Å². The zero-order valence-electron chi connectivity index (χ0n) is 16.3. The van der Waals surface area contributed by atoms with Gasteiger partial charge in [-0.1, -0.05) is 42.5 Å². The Morgan fingerprint density at radius 2 is 1.74 bits per heavy atom. The summed E-state index contributed by atoms with van der Waals surface area (Å²) in [6.07, 6.45) is 2.76. The lowest BCUT2D eigenvalue weighted by atomic mass is 10.1. The highest BCUT2D eigenvalue weighted by atomic mass is 32.2. The molecule has 2 aromatic carbocycles. The van der Waals surface area contributed by atoms with Crippen LogP contribution >= 0.6 is 0 Å². The molecule has 0 bridgehead atoms. The third kappa shape index (κ3) is 6.10. The van der Waals surface area contributed by atoms with Crippen molar-refractivity contribution in [3.05, 3.63) is 65.7 Å². The molecule has 0 spiro atoms. The Balaban J connectivity index is 2.06. The number of nitrogens with one attached hydrogen (secondary N) is 1. The summed E-state index contributed by atoms with van der Waals surface area (Å²) in [4.78, 5) is 12.7. The molecule has 0 saturated carbocycles. The molecule has 0 radical (unpaired) electrons. The molecular formula is C21H28N2O3S. The quantitative estimate of drug-likeness (QED) is 0.755. The number of anilines is 1. The highest BCUT2D eigenvalue weighted by Crippen LogP contribution is 2.22. The molecular weight excluding hydrogens is 360 g/mol. The molecule has 2 aromatic rings. The molecule has 0 unspecified atom stereocenters. The lowest BCUT2D eigenvalue weighted by Crippen LogP contribution is -2.50. The van der Waals surface area contributed by atoms with Gasteiger partial charge in [-0.05, 0) is 56.9 Å². The number of rotatable bonds is 8. The lowest BCUT2D eigenvalue weighted by Gasteiger charge is -2.29. The first-order valence-electron chi connectivity index (χ1n) is 9.09. The predicted molar refractivity (Wildman–Crippen MR) is 110 cm³/mol. The Kier molecular flexibility index (Phi) is 7.02. The van der Waals surface area contributed by atoms with E-state index in [2.05, 4.69) is 17.4 Å².